The van der Waals surface area contributed by atoms with Crippen LogP contribution in [-0.4, -0.2) is 87.7 Å². The van der Waals surface area contributed by atoms with Crippen molar-refractivity contribution in [2.45, 2.75) is 34.1 Å². The van der Waals surface area contributed by atoms with E-state index in [1.165, 1.54) is 0 Å². The molecule has 11 nitrogen and oxygen atoms in total. The van der Waals surface area contributed by atoms with Crippen LogP contribution >= 0.6 is 0 Å². The molecule has 0 fully saturated rings. The van der Waals surface area contributed by atoms with Crippen molar-refractivity contribution < 1.29 is 43.0 Å². The van der Waals surface area contributed by atoms with Gasteiger partial charge in [-0.15, -0.1) is 0 Å². The minimum absolute atomic E-state index is 0.574. The summed E-state index contributed by atoms with van der Waals surface area (Å²) in [6.07, 6.45) is 1.02. The van der Waals surface area contributed by atoms with Crippen LogP contribution in [0, 0.1) is 0 Å². The molecule has 0 spiro atoms. The molecule has 26 heavy (non-hydrogen) atoms. The fourth-order valence-corrected chi connectivity index (χ4v) is 3.62. The third kappa shape index (κ3) is 27.3. The molecule has 0 aliphatic rings. The normalized spacial score (nSPS) is 9.58. The third-order valence-corrected chi connectivity index (χ3v) is 4.82. The summed E-state index contributed by atoms with van der Waals surface area (Å²) in [5.74, 6) is -2.50. The van der Waals surface area contributed by atoms with Crippen molar-refractivity contribution in [2.75, 3.05) is 41.0 Å². The van der Waals surface area contributed by atoms with Crippen LogP contribution in [0.4, 0.5) is 0 Å². The van der Waals surface area contributed by atoms with Crippen LogP contribution in [0.2, 0.25) is 0 Å². The molecular weight excluding hydrogens is 368 g/mol. The number of carbonyl (C=O) groups is 3. The first-order chi connectivity index (χ1) is 11.9. The molecule has 12 heteroatoms. The Morgan fingerprint density at radius 3 is 1.27 bits per heavy atom. The van der Waals surface area contributed by atoms with Gasteiger partial charge in [-0.2, -0.15) is 0 Å². The highest BCUT2D eigenvalue weighted by atomic mass is 28.4. The van der Waals surface area contributed by atoms with Crippen LogP contribution in [0.1, 0.15) is 34.1 Å². The molecule has 0 aromatic carbocycles. The van der Waals surface area contributed by atoms with Gasteiger partial charge in [0.25, 0.3) is 17.9 Å². The lowest BCUT2D eigenvalue weighted by Gasteiger charge is -2.34. The van der Waals surface area contributed by atoms with Gasteiger partial charge in [0.15, 0.2) is 0 Å². The second-order valence-corrected chi connectivity index (χ2v) is 7.37. The van der Waals surface area contributed by atoms with Gasteiger partial charge in [-0.1, -0.05) is 6.92 Å². The number of hydrogen-bond acceptors (Lipinski definition) is 8. The maximum atomic E-state index is 9.00. The van der Waals surface area contributed by atoms with Crippen LogP contribution < -0.4 is 5.73 Å². The maximum absolute atomic E-state index is 9.00. The molecular formula is C14H34N2O9Si. The minimum Gasteiger partial charge on any atom is -0.481 e. The van der Waals surface area contributed by atoms with Crippen LogP contribution in [-0.2, 0) is 27.7 Å². The predicted molar refractivity (Wildman–Crippen MR) is 97.6 cm³/mol. The van der Waals surface area contributed by atoms with Gasteiger partial charge in [-0.25, -0.2) is 0 Å². The summed E-state index contributed by atoms with van der Waals surface area (Å²) in [6.45, 7) is 7.53. The summed E-state index contributed by atoms with van der Waals surface area (Å²) in [5.41, 5.74) is 5.53. The van der Waals surface area contributed by atoms with Gasteiger partial charge < -0.3 is 34.3 Å². The summed E-state index contributed by atoms with van der Waals surface area (Å²) in [4.78, 5) is 27.0. The summed E-state index contributed by atoms with van der Waals surface area (Å²) in [7, 11) is 2.19. The molecule has 0 bridgehead atoms. The molecule has 0 saturated heterocycles. The number of carboxylic acid groups (broad SMARTS) is 3. The van der Waals surface area contributed by atoms with Crippen LogP contribution in [0.5, 0.6) is 0 Å². The number of hydrogen-bond donors (Lipinski definition) is 4. The van der Waals surface area contributed by atoms with E-state index in [-0.39, 0.29) is 0 Å². The molecule has 5 N–H and O–H groups in total. The first kappa shape index (κ1) is 32.1. The van der Waals surface area contributed by atoms with Crippen molar-refractivity contribution in [3.05, 3.63) is 0 Å². The van der Waals surface area contributed by atoms with E-state index in [1.54, 1.807) is 21.3 Å². The molecule has 0 aliphatic heterocycles. The monoisotopic (exact) mass is 402 g/mol. The number of rotatable bonds is 8. The molecule has 0 unspecified atom stereocenters. The average Bonchev–Trinajstić information content (AvgIpc) is 2.48. The number of carboxylic acids is 3. The molecule has 0 radical (unpaired) electrons. The molecule has 0 aromatic heterocycles. The van der Waals surface area contributed by atoms with E-state index in [0.717, 1.165) is 40.3 Å². The van der Waals surface area contributed by atoms with Crippen molar-refractivity contribution in [3.63, 3.8) is 0 Å². The fourth-order valence-electron chi connectivity index (χ4n) is 1.45. The summed E-state index contributed by atoms with van der Waals surface area (Å²) in [5, 5.41) is 22.2. The topological polar surface area (TPSA) is 169 Å². The average molecular weight is 403 g/mol. The molecule has 158 valence electrons. The van der Waals surface area contributed by atoms with E-state index in [9.17, 15) is 0 Å². The minimum atomic E-state index is -2.64. The number of aliphatic carboxylic acids is 3. The first-order valence-electron chi connectivity index (χ1n) is 7.59. The van der Waals surface area contributed by atoms with Gasteiger partial charge in [-0.05, 0) is 13.0 Å². The quantitative estimate of drug-likeness (QED) is 0.412. The Labute approximate surface area is 156 Å². The largest absolute Gasteiger partial charge is 0.598 e. The zero-order valence-corrected chi connectivity index (χ0v) is 17.6. The smallest absolute Gasteiger partial charge is 0.481 e. The van der Waals surface area contributed by atoms with Crippen molar-refractivity contribution in [2.24, 2.45) is 5.73 Å². The van der Waals surface area contributed by atoms with Gasteiger partial charge in [0.2, 0.25) is 0 Å². The molecule has 0 saturated carbocycles. The zero-order valence-electron chi connectivity index (χ0n) is 16.6. The Kier molecular flexibility index (Phi) is 26.5. The van der Waals surface area contributed by atoms with Crippen molar-refractivity contribution in [1.82, 2.24) is 4.57 Å². The van der Waals surface area contributed by atoms with Crippen molar-refractivity contribution in [3.8, 4) is 0 Å². The standard InChI is InChI=1S/C8H22N2O3Si.3C2H4O2/c1-5-7-10(8-6-9)14(11-2,12-3)13-4;3*1-2(3)4/h5-9H2,1-4H3;3*1H3,(H,3,4). The highest BCUT2D eigenvalue weighted by molar-refractivity contribution is 6.57. The fraction of sp³-hybridized carbons (Fsp3) is 0.786. The van der Waals surface area contributed by atoms with Crippen LogP contribution in [0.25, 0.3) is 0 Å². The van der Waals surface area contributed by atoms with Gasteiger partial charge >= 0.3 is 8.97 Å². The summed E-state index contributed by atoms with van der Waals surface area (Å²) in [6, 6.07) is 0. The van der Waals surface area contributed by atoms with Gasteiger partial charge in [0.05, 0.1) is 0 Å². The molecule has 0 heterocycles. The Hall–Kier alpha value is -1.57. The lowest BCUT2D eigenvalue weighted by atomic mass is 10.5. The van der Waals surface area contributed by atoms with Crippen LogP contribution in [0.3, 0.4) is 0 Å². The Balaban J connectivity index is -0.000000164. The van der Waals surface area contributed by atoms with Crippen molar-refractivity contribution in [1.29, 1.82) is 0 Å². The third-order valence-electron chi connectivity index (χ3n) is 2.05. The van der Waals surface area contributed by atoms with Crippen molar-refractivity contribution >= 4 is 26.9 Å². The SMILES string of the molecule is CC(=O)O.CC(=O)O.CC(=O)O.CCCN(CCN)[Si](OC)(OC)OC. The van der Waals surface area contributed by atoms with E-state index in [1.807, 2.05) is 0 Å². The lowest BCUT2D eigenvalue weighted by molar-refractivity contribution is -0.135. The number of nitrogens with zero attached hydrogens (tertiary/aromatic N) is 1. The van der Waals surface area contributed by atoms with E-state index in [4.69, 9.17) is 48.7 Å². The Morgan fingerprint density at radius 1 is 0.846 bits per heavy atom. The number of nitrogens with two attached hydrogens (primary N) is 1. The second kappa shape index (κ2) is 21.5. The van der Waals surface area contributed by atoms with Gasteiger partial charge in [-0.3, -0.25) is 18.9 Å². The maximum Gasteiger partial charge on any atom is 0.598 e. The highest BCUT2D eigenvalue weighted by Crippen LogP contribution is 2.12. The lowest BCUT2D eigenvalue weighted by Crippen LogP contribution is -2.60. The van der Waals surface area contributed by atoms with E-state index < -0.39 is 26.9 Å². The zero-order chi connectivity index (χ0) is 21.8. The second-order valence-electron chi connectivity index (χ2n) is 4.47. The Bertz CT molecular complexity index is 312. The van der Waals surface area contributed by atoms with Gasteiger partial charge in [0, 0.05) is 55.2 Å². The molecule has 0 amide bonds. The van der Waals surface area contributed by atoms with Gasteiger partial charge in [0.1, 0.15) is 0 Å². The van der Waals surface area contributed by atoms with E-state index >= 15 is 0 Å². The molecule has 0 aliphatic carbocycles. The first-order valence-corrected chi connectivity index (χ1v) is 9.26. The molecule has 0 atom stereocenters. The highest BCUT2D eigenvalue weighted by Gasteiger charge is 2.45. The molecule has 0 aromatic rings. The van der Waals surface area contributed by atoms with E-state index in [0.29, 0.717) is 6.54 Å². The molecule has 0 rings (SSSR count). The predicted octanol–water partition coefficient (Wildman–Crippen LogP) is 0.305. The summed E-state index contributed by atoms with van der Waals surface area (Å²) >= 11 is 0. The summed E-state index contributed by atoms with van der Waals surface area (Å²) < 4.78 is 18.2. The van der Waals surface area contributed by atoms with E-state index in [2.05, 4.69) is 11.5 Å². The van der Waals surface area contributed by atoms with Crippen LogP contribution in [0.15, 0.2) is 0 Å². The Morgan fingerprint density at radius 2 is 1.12 bits per heavy atom.